The normalized spacial score (nSPS) is 14.8. The molecule has 0 heterocycles. The molecule has 3 N–H and O–H groups in total. The van der Waals surface area contributed by atoms with Crippen molar-refractivity contribution in [2.75, 3.05) is 6.67 Å². The van der Waals surface area contributed by atoms with Gasteiger partial charge in [0, 0.05) is 0 Å². The van der Waals surface area contributed by atoms with Gasteiger partial charge in [-0.05, 0) is 12.3 Å². The first-order chi connectivity index (χ1) is 4.57. The summed E-state index contributed by atoms with van der Waals surface area (Å²) < 4.78 is 11.8. The Kier molecular flexibility index (Phi) is 7.67. The van der Waals surface area contributed by atoms with Crippen molar-refractivity contribution in [2.24, 2.45) is 11.7 Å². The van der Waals surface area contributed by atoms with Crippen molar-refractivity contribution in [3.8, 4) is 0 Å². The number of aliphatic carboxylic acids is 1. The molecule has 3 nitrogen and oxygen atoms in total. The monoisotopic (exact) mass is 185 g/mol. The van der Waals surface area contributed by atoms with Gasteiger partial charge in [-0.25, -0.2) is 0 Å². The second kappa shape index (κ2) is 6.37. The van der Waals surface area contributed by atoms with Crippen LogP contribution in [0.2, 0.25) is 0 Å². The highest BCUT2D eigenvalue weighted by Crippen LogP contribution is 2.04. The van der Waals surface area contributed by atoms with Gasteiger partial charge in [-0.2, -0.15) is 0 Å². The summed E-state index contributed by atoms with van der Waals surface area (Å²) in [6.07, 6.45) is 0.200. The molecule has 0 unspecified atom stereocenters. The van der Waals surface area contributed by atoms with E-state index in [9.17, 15) is 9.18 Å². The van der Waals surface area contributed by atoms with E-state index in [0.717, 1.165) is 0 Å². The molecule has 0 aromatic rings. The van der Waals surface area contributed by atoms with Crippen LogP contribution >= 0.6 is 12.4 Å². The van der Waals surface area contributed by atoms with Crippen molar-refractivity contribution < 1.29 is 14.3 Å². The number of hydrogen-bond donors (Lipinski definition) is 2. The maximum atomic E-state index is 11.8. The molecule has 0 radical (unpaired) electrons. The Balaban J connectivity index is 0. The second-order valence-electron chi connectivity index (χ2n) is 2.44. The molecule has 0 spiro atoms. The lowest BCUT2D eigenvalue weighted by Gasteiger charge is -2.09. The highest BCUT2D eigenvalue weighted by molar-refractivity contribution is 5.85. The first-order valence-electron chi connectivity index (χ1n) is 3.12. The molecule has 0 fully saturated rings. The number of carboxylic acids is 1. The molecule has 0 aliphatic rings. The van der Waals surface area contributed by atoms with E-state index in [1.165, 1.54) is 0 Å². The second-order valence-corrected chi connectivity index (χ2v) is 2.44. The lowest BCUT2D eigenvalue weighted by Crippen LogP contribution is -2.32. The summed E-state index contributed by atoms with van der Waals surface area (Å²) in [5.41, 5.74) is 5.13. The van der Waals surface area contributed by atoms with E-state index >= 15 is 0 Å². The minimum Gasteiger partial charge on any atom is -0.480 e. The van der Waals surface area contributed by atoms with Crippen LogP contribution in [-0.4, -0.2) is 23.8 Å². The van der Waals surface area contributed by atoms with E-state index in [2.05, 4.69) is 0 Å². The van der Waals surface area contributed by atoms with E-state index in [4.69, 9.17) is 10.8 Å². The fourth-order valence-electron chi connectivity index (χ4n) is 0.597. The first kappa shape index (κ1) is 13.3. The van der Waals surface area contributed by atoms with Crippen molar-refractivity contribution >= 4 is 18.4 Å². The Morgan fingerprint density at radius 2 is 2.18 bits per heavy atom. The maximum Gasteiger partial charge on any atom is 0.320 e. The highest BCUT2D eigenvalue weighted by Gasteiger charge is 2.14. The molecule has 0 saturated heterocycles. The molecular formula is C6H13ClFNO2. The van der Waals surface area contributed by atoms with Crippen LogP contribution in [0.3, 0.4) is 0 Å². The number of rotatable bonds is 4. The predicted molar refractivity (Wildman–Crippen MR) is 42.6 cm³/mol. The van der Waals surface area contributed by atoms with Gasteiger partial charge in [0.1, 0.15) is 6.04 Å². The fourth-order valence-corrected chi connectivity index (χ4v) is 0.597. The molecule has 0 amide bonds. The van der Waals surface area contributed by atoms with Crippen LogP contribution in [0.1, 0.15) is 13.3 Å². The standard InChI is InChI=1S/C6H12FNO2.ClH/c1-4(3-7)2-5(8)6(9)10;/h4-5H,2-3,8H2,1H3,(H,9,10);1H/t4-,5-;/m0./s1. The maximum absolute atomic E-state index is 11.8. The van der Waals surface area contributed by atoms with Crippen LogP contribution in [0.25, 0.3) is 0 Å². The lowest BCUT2D eigenvalue weighted by molar-refractivity contribution is -0.138. The Bertz CT molecular complexity index is 123. The molecule has 68 valence electrons. The molecule has 11 heavy (non-hydrogen) atoms. The smallest absolute Gasteiger partial charge is 0.320 e. The third-order valence-corrected chi connectivity index (χ3v) is 1.24. The molecule has 0 saturated carbocycles. The Morgan fingerprint density at radius 1 is 1.73 bits per heavy atom. The fraction of sp³-hybridized carbons (Fsp3) is 0.833. The van der Waals surface area contributed by atoms with Gasteiger partial charge in [-0.15, -0.1) is 12.4 Å². The van der Waals surface area contributed by atoms with Crippen LogP contribution in [0.5, 0.6) is 0 Å². The molecule has 0 aliphatic heterocycles. The van der Waals surface area contributed by atoms with Crippen molar-refractivity contribution in [1.29, 1.82) is 0 Å². The van der Waals surface area contributed by atoms with E-state index in [1.54, 1.807) is 6.92 Å². The number of carboxylic acid groups (broad SMARTS) is 1. The van der Waals surface area contributed by atoms with Crippen molar-refractivity contribution in [3.05, 3.63) is 0 Å². The van der Waals surface area contributed by atoms with Crippen LogP contribution in [0.4, 0.5) is 4.39 Å². The average molecular weight is 186 g/mol. The molecule has 0 aromatic heterocycles. The van der Waals surface area contributed by atoms with Gasteiger partial charge >= 0.3 is 5.97 Å². The third-order valence-electron chi connectivity index (χ3n) is 1.24. The summed E-state index contributed by atoms with van der Waals surface area (Å²) in [6.45, 7) is 1.11. The third kappa shape index (κ3) is 6.06. The molecule has 0 rings (SSSR count). The molecule has 5 heteroatoms. The minimum atomic E-state index is -1.07. The summed E-state index contributed by atoms with van der Waals surface area (Å²) in [6, 6.07) is -0.925. The van der Waals surface area contributed by atoms with E-state index in [1.807, 2.05) is 0 Å². The van der Waals surface area contributed by atoms with Crippen molar-refractivity contribution in [3.63, 3.8) is 0 Å². The Hall–Kier alpha value is -0.350. The van der Waals surface area contributed by atoms with Crippen LogP contribution in [-0.2, 0) is 4.79 Å². The lowest BCUT2D eigenvalue weighted by atomic mass is 10.0. The van der Waals surface area contributed by atoms with Gasteiger partial charge in [0.25, 0.3) is 0 Å². The van der Waals surface area contributed by atoms with Crippen molar-refractivity contribution in [2.45, 2.75) is 19.4 Å². The molecule has 2 atom stereocenters. The molecule has 0 aliphatic carbocycles. The number of halogens is 2. The quantitative estimate of drug-likeness (QED) is 0.682. The molecule has 0 aromatic carbocycles. The summed E-state index contributed by atoms with van der Waals surface area (Å²) >= 11 is 0. The molecular weight excluding hydrogens is 173 g/mol. The predicted octanol–water partition coefficient (Wildman–Crippen LogP) is 0.816. The zero-order valence-corrected chi connectivity index (χ0v) is 7.10. The average Bonchev–Trinajstić information content (AvgIpc) is 1.87. The zero-order chi connectivity index (χ0) is 8.15. The van der Waals surface area contributed by atoms with Gasteiger partial charge < -0.3 is 10.8 Å². The first-order valence-corrected chi connectivity index (χ1v) is 3.12. The topological polar surface area (TPSA) is 63.3 Å². The zero-order valence-electron chi connectivity index (χ0n) is 6.29. The highest BCUT2D eigenvalue weighted by atomic mass is 35.5. The number of hydrogen-bond acceptors (Lipinski definition) is 2. The summed E-state index contributed by atoms with van der Waals surface area (Å²) in [5, 5.41) is 8.28. The van der Waals surface area contributed by atoms with Gasteiger partial charge in [0.2, 0.25) is 0 Å². The Labute approximate surface area is 71.2 Å². The van der Waals surface area contributed by atoms with Gasteiger partial charge in [-0.3, -0.25) is 9.18 Å². The van der Waals surface area contributed by atoms with E-state index in [0.29, 0.717) is 0 Å². The van der Waals surface area contributed by atoms with Crippen molar-refractivity contribution in [1.82, 2.24) is 0 Å². The summed E-state index contributed by atoms with van der Waals surface area (Å²) in [5.74, 6) is -1.33. The minimum absolute atomic E-state index is 0. The van der Waals surface area contributed by atoms with E-state index < -0.39 is 18.7 Å². The van der Waals surface area contributed by atoms with E-state index in [-0.39, 0.29) is 24.7 Å². The molecule has 0 bridgehead atoms. The Morgan fingerprint density at radius 3 is 2.45 bits per heavy atom. The van der Waals surface area contributed by atoms with Crippen LogP contribution in [0, 0.1) is 5.92 Å². The summed E-state index contributed by atoms with van der Waals surface area (Å²) in [4.78, 5) is 10.1. The van der Waals surface area contributed by atoms with Gasteiger partial charge in [0.15, 0.2) is 0 Å². The summed E-state index contributed by atoms with van der Waals surface area (Å²) in [7, 11) is 0. The number of nitrogens with two attached hydrogens (primary N) is 1. The number of alkyl halides is 1. The number of carbonyl (C=O) groups is 1. The van der Waals surface area contributed by atoms with Crippen LogP contribution in [0.15, 0.2) is 0 Å². The largest absolute Gasteiger partial charge is 0.480 e. The van der Waals surface area contributed by atoms with Gasteiger partial charge in [-0.1, -0.05) is 6.92 Å². The van der Waals surface area contributed by atoms with Gasteiger partial charge in [0.05, 0.1) is 6.67 Å². The van der Waals surface area contributed by atoms with Crippen LogP contribution < -0.4 is 5.73 Å². The SMILES string of the molecule is C[C@H](CF)C[C@H](N)C(=O)O.Cl.